The molecule has 0 radical (unpaired) electrons. The van der Waals surface area contributed by atoms with E-state index >= 15 is 0 Å². The molecule has 1 aromatic rings. The maximum atomic E-state index is 13.7. The molecule has 2 rings (SSSR count). The molecule has 112 valence electrons. The van der Waals surface area contributed by atoms with Gasteiger partial charge in [-0.2, -0.15) is 13.2 Å². The minimum absolute atomic E-state index is 0.274. The van der Waals surface area contributed by atoms with E-state index in [1.54, 1.807) is 12.3 Å². The molecule has 1 aliphatic rings. The Morgan fingerprint density at radius 3 is 2.80 bits per heavy atom. The Balaban J connectivity index is 1.95. The topological polar surface area (TPSA) is 58.1 Å². The summed E-state index contributed by atoms with van der Waals surface area (Å²) in [5.74, 6) is 0. The van der Waals surface area contributed by atoms with Crippen molar-refractivity contribution < 1.29 is 22.4 Å². The van der Waals surface area contributed by atoms with Crippen LogP contribution in [0.3, 0.4) is 0 Å². The van der Waals surface area contributed by atoms with E-state index in [0.717, 1.165) is 16.4 Å². The van der Waals surface area contributed by atoms with Crippen molar-refractivity contribution in [2.75, 3.05) is 13.1 Å². The van der Waals surface area contributed by atoms with Crippen LogP contribution in [0.1, 0.15) is 25.1 Å². The van der Waals surface area contributed by atoms with Gasteiger partial charge in [-0.1, -0.05) is 4.49 Å². The van der Waals surface area contributed by atoms with Gasteiger partial charge in [0.1, 0.15) is 0 Å². The molecular formula is C10H12F4N4OS. The van der Waals surface area contributed by atoms with Crippen LogP contribution in [-0.4, -0.2) is 45.5 Å². The first kappa shape index (κ1) is 14.9. The van der Waals surface area contributed by atoms with Crippen molar-refractivity contribution in [3.63, 3.8) is 0 Å². The Hall–Kier alpha value is -1.45. The molecule has 1 N–H and O–H groups in total. The van der Waals surface area contributed by atoms with Crippen molar-refractivity contribution in [3.8, 4) is 0 Å². The lowest BCUT2D eigenvalue weighted by Gasteiger charge is -2.24. The smallest absolute Gasteiger partial charge is 0.330 e. The summed E-state index contributed by atoms with van der Waals surface area (Å²) >= 11 is 1.10. The van der Waals surface area contributed by atoms with Crippen LogP contribution in [0, 0.1) is 0 Å². The second kappa shape index (κ2) is 5.15. The normalized spacial score (nSPS) is 24.8. The molecule has 2 amide bonds. The maximum Gasteiger partial charge on any atom is 0.424 e. The van der Waals surface area contributed by atoms with E-state index in [0.29, 0.717) is 5.69 Å². The highest BCUT2D eigenvalue weighted by Crippen LogP contribution is 2.41. The van der Waals surface area contributed by atoms with E-state index < -0.39 is 36.9 Å². The second-order valence-electron chi connectivity index (χ2n) is 4.64. The number of aromatic nitrogens is 2. The Morgan fingerprint density at radius 2 is 2.30 bits per heavy atom. The summed E-state index contributed by atoms with van der Waals surface area (Å²) in [6.45, 7) is 0.366. The molecular weight excluding hydrogens is 300 g/mol. The summed E-state index contributed by atoms with van der Waals surface area (Å²) in [5.41, 5.74) is -2.82. The van der Waals surface area contributed by atoms with Gasteiger partial charge < -0.3 is 10.2 Å². The standard InChI is InChI=1S/C10H12F4N4OS/c1-6(7-4-20-17-16-7)15-8(19)18-3-2-9(11,5-18)10(12,13)14/h4,6H,2-3,5H2,1H3,(H,15,19). The first-order valence-corrected chi connectivity index (χ1v) is 6.65. The van der Waals surface area contributed by atoms with Gasteiger partial charge in [0.05, 0.1) is 18.3 Å². The van der Waals surface area contributed by atoms with E-state index in [1.807, 2.05) is 0 Å². The SMILES string of the molecule is CC(NC(=O)N1CCC(F)(C(F)(F)F)C1)c1csnn1. The lowest BCUT2D eigenvalue weighted by molar-refractivity contribution is -0.224. The highest BCUT2D eigenvalue weighted by Gasteiger charge is 2.60. The average Bonchev–Trinajstić information content (AvgIpc) is 2.96. The zero-order valence-corrected chi connectivity index (χ0v) is 11.3. The Morgan fingerprint density at radius 1 is 1.60 bits per heavy atom. The molecule has 1 fully saturated rings. The minimum atomic E-state index is -4.97. The number of rotatable bonds is 2. The molecule has 0 bridgehead atoms. The highest BCUT2D eigenvalue weighted by atomic mass is 32.1. The number of hydrogen-bond acceptors (Lipinski definition) is 4. The second-order valence-corrected chi connectivity index (χ2v) is 5.25. The van der Waals surface area contributed by atoms with Crippen LogP contribution in [-0.2, 0) is 0 Å². The predicted octanol–water partition coefficient (Wildman–Crippen LogP) is 2.29. The third-order valence-corrected chi connectivity index (χ3v) is 3.70. The fourth-order valence-corrected chi connectivity index (χ4v) is 2.44. The minimum Gasteiger partial charge on any atom is -0.330 e. The van der Waals surface area contributed by atoms with Crippen molar-refractivity contribution in [3.05, 3.63) is 11.1 Å². The Bertz CT molecular complexity index is 480. The van der Waals surface area contributed by atoms with Gasteiger partial charge in [-0.15, -0.1) is 5.10 Å². The number of urea groups is 1. The zero-order valence-electron chi connectivity index (χ0n) is 10.4. The number of nitrogens with zero attached hydrogens (tertiary/aromatic N) is 3. The van der Waals surface area contributed by atoms with Crippen LogP contribution in [0.4, 0.5) is 22.4 Å². The Labute approximate surface area is 116 Å². The van der Waals surface area contributed by atoms with E-state index in [-0.39, 0.29) is 6.54 Å². The quantitative estimate of drug-likeness (QED) is 0.852. The molecule has 1 aliphatic heterocycles. The molecule has 2 atom stereocenters. The van der Waals surface area contributed by atoms with Crippen LogP contribution in [0.5, 0.6) is 0 Å². The molecule has 2 heterocycles. The molecule has 0 spiro atoms. The summed E-state index contributed by atoms with van der Waals surface area (Å²) in [5, 5.41) is 7.83. The first-order valence-electron chi connectivity index (χ1n) is 5.81. The molecule has 0 aromatic carbocycles. The van der Waals surface area contributed by atoms with Crippen molar-refractivity contribution in [2.45, 2.75) is 31.2 Å². The lowest BCUT2D eigenvalue weighted by atomic mass is 10.1. The number of alkyl halides is 4. The van der Waals surface area contributed by atoms with E-state index in [2.05, 4.69) is 14.9 Å². The van der Waals surface area contributed by atoms with Crippen LogP contribution in [0.2, 0.25) is 0 Å². The molecule has 1 aromatic heterocycles. The van der Waals surface area contributed by atoms with E-state index in [1.165, 1.54) is 0 Å². The molecule has 0 saturated carbocycles. The van der Waals surface area contributed by atoms with E-state index in [4.69, 9.17) is 0 Å². The van der Waals surface area contributed by atoms with Gasteiger partial charge in [0.15, 0.2) is 0 Å². The molecule has 1 saturated heterocycles. The molecule has 2 unspecified atom stereocenters. The summed E-state index contributed by atoms with van der Waals surface area (Å²) in [6.07, 6.45) is -5.71. The van der Waals surface area contributed by atoms with E-state index in [9.17, 15) is 22.4 Å². The summed E-state index contributed by atoms with van der Waals surface area (Å²) in [7, 11) is 0. The van der Waals surface area contributed by atoms with Gasteiger partial charge in [-0.25, -0.2) is 9.18 Å². The van der Waals surface area contributed by atoms with Crippen LogP contribution < -0.4 is 5.32 Å². The number of amides is 2. The van der Waals surface area contributed by atoms with Gasteiger partial charge in [-0.3, -0.25) is 0 Å². The van der Waals surface area contributed by atoms with Gasteiger partial charge in [0.25, 0.3) is 0 Å². The van der Waals surface area contributed by atoms with Gasteiger partial charge >= 0.3 is 12.2 Å². The number of likely N-dealkylation sites (tertiary alicyclic amines) is 1. The van der Waals surface area contributed by atoms with Crippen molar-refractivity contribution in [1.82, 2.24) is 19.8 Å². The third-order valence-electron chi connectivity index (χ3n) is 3.18. The number of halogens is 4. The number of nitrogens with one attached hydrogen (secondary N) is 1. The third kappa shape index (κ3) is 2.84. The monoisotopic (exact) mass is 312 g/mol. The number of hydrogen-bond donors (Lipinski definition) is 1. The zero-order chi connectivity index (χ0) is 15.0. The molecule has 20 heavy (non-hydrogen) atoms. The van der Waals surface area contributed by atoms with Gasteiger partial charge in [0, 0.05) is 18.3 Å². The number of carbonyl (C=O) groups excluding carboxylic acids is 1. The van der Waals surface area contributed by atoms with Crippen LogP contribution >= 0.6 is 11.5 Å². The average molecular weight is 312 g/mol. The predicted molar refractivity (Wildman–Crippen MR) is 62.9 cm³/mol. The molecule has 0 aliphatic carbocycles. The largest absolute Gasteiger partial charge is 0.424 e. The maximum absolute atomic E-state index is 13.7. The Kier molecular flexibility index (Phi) is 3.85. The summed E-state index contributed by atoms with van der Waals surface area (Å²) in [4.78, 5) is 12.6. The molecule has 10 heteroatoms. The van der Waals surface area contributed by atoms with Crippen LogP contribution in [0.25, 0.3) is 0 Å². The van der Waals surface area contributed by atoms with Crippen molar-refractivity contribution in [1.29, 1.82) is 0 Å². The number of carbonyl (C=O) groups is 1. The van der Waals surface area contributed by atoms with Gasteiger partial charge in [0.2, 0.25) is 5.67 Å². The fraction of sp³-hybridized carbons (Fsp3) is 0.700. The fourth-order valence-electron chi connectivity index (χ4n) is 1.89. The highest BCUT2D eigenvalue weighted by molar-refractivity contribution is 7.03. The van der Waals surface area contributed by atoms with Gasteiger partial charge in [-0.05, 0) is 18.5 Å². The molecule has 5 nitrogen and oxygen atoms in total. The van der Waals surface area contributed by atoms with Crippen molar-refractivity contribution >= 4 is 17.6 Å². The summed E-state index contributed by atoms with van der Waals surface area (Å²) < 4.78 is 54.8. The summed E-state index contributed by atoms with van der Waals surface area (Å²) in [6, 6.07) is -1.24. The van der Waals surface area contributed by atoms with Crippen molar-refractivity contribution in [2.24, 2.45) is 0 Å². The first-order chi connectivity index (χ1) is 9.23. The van der Waals surface area contributed by atoms with Crippen LogP contribution in [0.15, 0.2) is 5.38 Å². The lowest BCUT2D eigenvalue weighted by Crippen LogP contribution is -2.46.